The fraction of sp³-hybridized carbons (Fsp3) is 0.370. The molecule has 9 nitrogen and oxygen atoms in total. The number of rotatable bonds is 5. The quantitative estimate of drug-likeness (QED) is 0.420. The molecule has 0 atom stereocenters. The van der Waals surface area contributed by atoms with Crippen molar-refractivity contribution in [3.8, 4) is 0 Å². The van der Waals surface area contributed by atoms with Gasteiger partial charge in [-0.2, -0.15) is 5.10 Å². The molecule has 1 aromatic carbocycles. The number of carbonyl (C=O) groups excluding carboxylic acids is 3. The summed E-state index contributed by atoms with van der Waals surface area (Å²) in [5.41, 5.74) is 2.96. The average molecular weight is 507 g/mol. The molecule has 0 bridgehead atoms. The number of nitrogens with one attached hydrogen (secondary N) is 1. The van der Waals surface area contributed by atoms with Gasteiger partial charge in [-0.1, -0.05) is 6.07 Å². The largest absolute Gasteiger partial charge is 0.461 e. The molecule has 2 aliphatic rings. The summed E-state index contributed by atoms with van der Waals surface area (Å²) in [7, 11) is 0. The van der Waals surface area contributed by atoms with Crippen LogP contribution in [0.15, 0.2) is 45.8 Å². The van der Waals surface area contributed by atoms with Crippen molar-refractivity contribution in [2.75, 3.05) is 26.2 Å². The average Bonchev–Trinajstić information content (AvgIpc) is 3.35. The number of benzene rings is 1. The van der Waals surface area contributed by atoms with E-state index in [0.717, 1.165) is 42.5 Å². The molecule has 3 aromatic rings. The Morgan fingerprint density at radius 1 is 0.973 bits per heavy atom. The molecule has 10 heteroatoms. The molecule has 0 spiro atoms. The summed E-state index contributed by atoms with van der Waals surface area (Å²) in [6.45, 7) is 0.969. The van der Waals surface area contributed by atoms with Gasteiger partial charge in [0.2, 0.25) is 0 Å². The molecule has 0 radical (unpaired) electrons. The van der Waals surface area contributed by atoms with Gasteiger partial charge in [0, 0.05) is 38.2 Å². The SMILES string of the molecule is O=C(C(=O)N1CCCN(C(=O)c2cc(Cc3n[nH]c(=O)c4c3CCCC4)ccc2F)CC1)c1ccco1. The molecule has 3 heterocycles. The van der Waals surface area contributed by atoms with E-state index in [1.54, 1.807) is 6.07 Å². The zero-order valence-electron chi connectivity index (χ0n) is 20.3. The fourth-order valence-corrected chi connectivity index (χ4v) is 5.06. The van der Waals surface area contributed by atoms with Crippen LogP contribution in [0.5, 0.6) is 0 Å². The summed E-state index contributed by atoms with van der Waals surface area (Å²) in [4.78, 5) is 53.3. The number of H-pyrrole nitrogens is 1. The highest BCUT2D eigenvalue weighted by atomic mass is 19.1. The molecule has 1 N–H and O–H groups in total. The van der Waals surface area contributed by atoms with Gasteiger partial charge in [-0.15, -0.1) is 0 Å². The Balaban J connectivity index is 1.30. The Hall–Kier alpha value is -4.08. The lowest BCUT2D eigenvalue weighted by atomic mass is 9.90. The summed E-state index contributed by atoms with van der Waals surface area (Å²) in [6, 6.07) is 7.40. The van der Waals surface area contributed by atoms with E-state index in [1.807, 2.05) is 0 Å². The lowest BCUT2D eigenvalue weighted by molar-refractivity contribution is -0.126. The Morgan fingerprint density at radius 3 is 2.51 bits per heavy atom. The van der Waals surface area contributed by atoms with Gasteiger partial charge in [-0.3, -0.25) is 19.2 Å². The second-order valence-electron chi connectivity index (χ2n) is 9.40. The molecular weight excluding hydrogens is 479 g/mol. The van der Waals surface area contributed by atoms with Crippen LogP contribution in [0.25, 0.3) is 0 Å². The highest BCUT2D eigenvalue weighted by Crippen LogP contribution is 2.23. The number of amides is 2. The van der Waals surface area contributed by atoms with Crippen molar-refractivity contribution in [3.05, 3.63) is 86.5 Å². The van der Waals surface area contributed by atoms with Crippen LogP contribution in [0, 0.1) is 5.82 Å². The van der Waals surface area contributed by atoms with E-state index in [9.17, 15) is 23.6 Å². The zero-order valence-corrected chi connectivity index (χ0v) is 20.3. The maximum absolute atomic E-state index is 14.8. The molecule has 0 unspecified atom stereocenters. The van der Waals surface area contributed by atoms with Crippen molar-refractivity contribution >= 4 is 17.6 Å². The summed E-state index contributed by atoms with van der Waals surface area (Å²) in [5, 5.41) is 6.81. The maximum atomic E-state index is 14.8. The predicted molar refractivity (Wildman–Crippen MR) is 131 cm³/mol. The van der Waals surface area contributed by atoms with Gasteiger partial charge in [0.15, 0.2) is 5.76 Å². The molecule has 1 fully saturated rings. The van der Waals surface area contributed by atoms with E-state index in [2.05, 4.69) is 10.2 Å². The van der Waals surface area contributed by atoms with E-state index in [-0.39, 0.29) is 30.0 Å². The highest BCUT2D eigenvalue weighted by molar-refractivity contribution is 6.41. The van der Waals surface area contributed by atoms with E-state index in [1.165, 1.54) is 40.3 Å². The van der Waals surface area contributed by atoms with Crippen molar-refractivity contribution in [3.63, 3.8) is 0 Å². The standard InChI is InChI=1S/C27H27FN4O5/c28-21-9-8-17(16-22-18-5-1-2-6-19(18)25(34)30-29-22)15-20(21)26(35)31-10-4-11-32(13-12-31)27(36)24(33)23-7-3-14-37-23/h3,7-9,14-15H,1-2,4-6,10-13,16H2,(H,30,34). The number of nitrogens with zero attached hydrogens (tertiary/aromatic N) is 3. The Bertz CT molecular complexity index is 1400. The predicted octanol–water partition coefficient (Wildman–Crippen LogP) is 2.53. The monoisotopic (exact) mass is 506 g/mol. The molecule has 5 rings (SSSR count). The summed E-state index contributed by atoms with van der Waals surface area (Å²) < 4.78 is 19.8. The van der Waals surface area contributed by atoms with E-state index < -0.39 is 23.4 Å². The molecule has 1 saturated heterocycles. The Morgan fingerprint density at radius 2 is 1.73 bits per heavy atom. The second kappa shape index (κ2) is 10.5. The van der Waals surface area contributed by atoms with Gasteiger partial charge in [0.25, 0.3) is 23.2 Å². The lowest BCUT2D eigenvalue weighted by Crippen LogP contribution is -2.40. The van der Waals surface area contributed by atoms with Crippen molar-refractivity contribution in [2.45, 2.75) is 38.5 Å². The molecule has 192 valence electrons. The normalized spacial score (nSPS) is 15.7. The number of Topliss-reactive ketones (excluding diaryl/α,β-unsaturated/α-hetero) is 1. The van der Waals surface area contributed by atoms with Crippen molar-refractivity contribution in [1.29, 1.82) is 0 Å². The first-order valence-electron chi connectivity index (χ1n) is 12.5. The van der Waals surface area contributed by atoms with Crippen LogP contribution < -0.4 is 5.56 Å². The second-order valence-corrected chi connectivity index (χ2v) is 9.40. The Labute approximate surface area is 212 Å². The molecule has 37 heavy (non-hydrogen) atoms. The van der Waals surface area contributed by atoms with Crippen LogP contribution in [0.3, 0.4) is 0 Å². The first-order valence-corrected chi connectivity index (χ1v) is 12.5. The zero-order chi connectivity index (χ0) is 25.9. The number of aromatic amines is 1. The van der Waals surface area contributed by atoms with Crippen molar-refractivity contribution in [2.24, 2.45) is 0 Å². The summed E-state index contributed by atoms with van der Waals surface area (Å²) in [5.74, 6) is -2.55. The highest BCUT2D eigenvalue weighted by Gasteiger charge is 2.29. The van der Waals surface area contributed by atoms with Crippen molar-refractivity contribution in [1.82, 2.24) is 20.0 Å². The molecule has 0 saturated carbocycles. The summed E-state index contributed by atoms with van der Waals surface area (Å²) >= 11 is 0. The molecular formula is C27H27FN4O5. The number of hydrogen-bond acceptors (Lipinski definition) is 6. The van der Waals surface area contributed by atoms with Gasteiger partial charge in [-0.05, 0) is 67.5 Å². The number of aromatic nitrogens is 2. The fourth-order valence-electron chi connectivity index (χ4n) is 5.06. The van der Waals surface area contributed by atoms with Crippen LogP contribution >= 0.6 is 0 Å². The maximum Gasteiger partial charge on any atom is 0.298 e. The summed E-state index contributed by atoms with van der Waals surface area (Å²) in [6.07, 6.45) is 5.60. The molecule has 2 amide bonds. The number of ketones is 1. The van der Waals surface area contributed by atoms with E-state index >= 15 is 0 Å². The van der Waals surface area contributed by atoms with Gasteiger partial charge >= 0.3 is 0 Å². The minimum atomic E-state index is -0.735. The topological polar surface area (TPSA) is 117 Å². The molecule has 1 aliphatic heterocycles. The third kappa shape index (κ3) is 5.09. The number of hydrogen-bond donors (Lipinski definition) is 1. The third-order valence-electron chi connectivity index (χ3n) is 7.02. The van der Waals surface area contributed by atoms with Crippen LogP contribution in [-0.2, 0) is 24.1 Å². The molecule has 1 aliphatic carbocycles. The lowest BCUT2D eigenvalue weighted by Gasteiger charge is -2.22. The van der Waals surface area contributed by atoms with E-state index in [4.69, 9.17) is 4.42 Å². The third-order valence-corrected chi connectivity index (χ3v) is 7.02. The minimum Gasteiger partial charge on any atom is -0.461 e. The van der Waals surface area contributed by atoms with Crippen molar-refractivity contribution < 1.29 is 23.2 Å². The van der Waals surface area contributed by atoms with Crippen LogP contribution in [0.2, 0.25) is 0 Å². The minimum absolute atomic E-state index is 0.0284. The number of fused-ring (bicyclic) bond motifs is 1. The number of furan rings is 1. The number of halogens is 1. The first-order chi connectivity index (χ1) is 17.9. The van der Waals surface area contributed by atoms with Gasteiger partial charge < -0.3 is 14.2 Å². The smallest absolute Gasteiger partial charge is 0.298 e. The number of carbonyl (C=O) groups is 3. The van der Waals surface area contributed by atoms with Gasteiger partial charge in [0.1, 0.15) is 5.82 Å². The first kappa shape index (κ1) is 24.6. The Kier molecular flexibility index (Phi) is 6.98. The van der Waals surface area contributed by atoms with Crippen LogP contribution in [0.1, 0.15) is 62.6 Å². The van der Waals surface area contributed by atoms with Crippen LogP contribution in [0.4, 0.5) is 4.39 Å². The van der Waals surface area contributed by atoms with Gasteiger partial charge in [-0.25, -0.2) is 9.49 Å². The van der Waals surface area contributed by atoms with Gasteiger partial charge in [0.05, 0.1) is 17.5 Å². The van der Waals surface area contributed by atoms with Crippen LogP contribution in [-0.4, -0.2) is 63.8 Å². The molecule has 2 aromatic heterocycles. The van der Waals surface area contributed by atoms with E-state index in [0.29, 0.717) is 31.5 Å².